The molecule has 2 unspecified atom stereocenters. The average Bonchev–Trinajstić information content (AvgIpc) is 2.29. The third kappa shape index (κ3) is 3.40. The molecule has 0 aromatic carbocycles. The van der Waals surface area contributed by atoms with Crippen molar-refractivity contribution in [1.82, 2.24) is 14.5 Å². The molecule has 100 valence electrons. The van der Waals surface area contributed by atoms with E-state index < -0.39 is 10.0 Å². The van der Waals surface area contributed by atoms with Crippen LogP contribution in [-0.4, -0.2) is 68.7 Å². The van der Waals surface area contributed by atoms with Crippen LogP contribution in [0, 0.1) is 0 Å². The molecule has 2 atom stereocenters. The predicted molar refractivity (Wildman–Crippen MR) is 68.5 cm³/mol. The van der Waals surface area contributed by atoms with Crippen LogP contribution in [0.1, 0.15) is 19.8 Å². The molecule has 0 aromatic heterocycles. The monoisotopic (exact) mass is 261 g/mol. The van der Waals surface area contributed by atoms with E-state index in [2.05, 4.69) is 17.1 Å². The van der Waals surface area contributed by atoms with Gasteiger partial charge < -0.3 is 5.32 Å². The highest BCUT2D eigenvalue weighted by Crippen LogP contribution is 2.16. The third-order valence-electron chi connectivity index (χ3n) is 3.89. The summed E-state index contributed by atoms with van der Waals surface area (Å²) in [6.07, 6.45) is 3.75. The largest absolute Gasteiger partial charge is 0.313 e. The lowest BCUT2D eigenvalue weighted by molar-refractivity contribution is 0.111. The van der Waals surface area contributed by atoms with Crippen molar-refractivity contribution < 1.29 is 8.42 Å². The van der Waals surface area contributed by atoms with E-state index in [1.807, 2.05) is 0 Å². The molecule has 0 amide bonds. The fraction of sp³-hybridized carbons (Fsp3) is 1.00. The molecule has 0 saturated carbocycles. The summed E-state index contributed by atoms with van der Waals surface area (Å²) < 4.78 is 24.4. The lowest BCUT2D eigenvalue weighted by atomic mass is 10.0. The molecule has 2 fully saturated rings. The number of rotatable bonds is 2. The normalized spacial score (nSPS) is 33.8. The van der Waals surface area contributed by atoms with Gasteiger partial charge in [0, 0.05) is 44.8 Å². The molecule has 0 aliphatic carbocycles. The molecule has 0 radical (unpaired) electrons. The number of sulfonamides is 1. The first-order valence-electron chi connectivity index (χ1n) is 6.39. The molecule has 17 heavy (non-hydrogen) atoms. The number of hydrogen-bond acceptors (Lipinski definition) is 4. The molecular weight excluding hydrogens is 238 g/mol. The summed E-state index contributed by atoms with van der Waals surface area (Å²) in [5.41, 5.74) is 0. The Bertz CT molecular complexity index is 342. The fourth-order valence-electron chi connectivity index (χ4n) is 2.70. The van der Waals surface area contributed by atoms with Gasteiger partial charge in [0.25, 0.3) is 0 Å². The Morgan fingerprint density at radius 1 is 1.12 bits per heavy atom. The van der Waals surface area contributed by atoms with Gasteiger partial charge in [-0.3, -0.25) is 4.90 Å². The molecular formula is C11H23N3O2S. The molecule has 0 bridgehead atoms. The van der Waals surface area contributed by atoms with Crippen LogP contribution in [0.25, 0.3) is 0 Å². The van der Waals surface area contributed by atoms with Crippen LogP contribution in [0.15, 0.2) is 0 Å². The molecule has 6 heteroatoms. The molecule has 2 rings (SSSR count). The zero-order valence-electron chi connectivity index (χ0n) is 10.7. The van der Waals surface area contributed by atoms with Gasteiger partial charge in [-0.15, -0.1) is 0 Å². The van der Waals surface area contributed by atoms with Gasteiger partial charge in [-0.2, -0.15) is 4.31 Å². The smallest absolute Gasteiger partial charge is 0.211 e. The summed E-state index contributed by atoms with van der Waals surface area (Å²) in [6.45, 7) is 6.29. The van der Waals surface area contributed by atoms with Crippen LogP contribution in [0.4, 0.5) is 0 Å². The molecule has 2 aliphatic heterocycles. The van der Waals surface area contributed by atoms with E-state index in [0.29, 0.717) is 25.2 Å². The summed E-state index contributed by atoms with van der Waals surface area (Å²) in [6, 6.07) is 1.22. The van der Waals surface area contributed by atoms with E-state index in [1.165, 1.54) is 19.1 Å². The van der Waals surface area contributed by atoms with Crippen LogP contribution >= 0.6 is 0 Å². The van der Waals surface area contributed by atoms with Crippen molar-refractivity contribution in [3.63, 3.8) is 0 Å². The predicted octanol–water partition coefficient (Wildman–Crippen LogP) is -0.296. The van der Waals surface area contributed by atoms with Gasteiger partial charge in [-0.1, -0.05) is 0 Å². The number of piperazine rings is 1. The zero-order chi connectivity index (χ0) is 12.5. The number of nitrogens with one attached hydrogen (secondary N) is 1. The fourth-order valence-corrected chi connectivity index (χ4v) is 3.52. The van der Waals surface area contributed by atoms with Crippen molar-refractivity contribution >= 4 is 10.0 Å². The van der Waals surface area contributed by atoms with Crippen LogP contribution < -0.4 is 5.32 Å². The minimum atomic E-state index is -3.00. The van der Waals surface area contributed by atoms with Gasteiger partial charge in [0.05, 0.1) is 6.26 Å². The first-order chi connectivity index (χ1) is 7.97. The maximum absolute atomic E-state index is 11.4. The average molecular weight is 261 g/mol. The van der Waals surface area contributed by atoms with Crippen LogP contribution in [0.5, 0.6) is 0 Å². The highest BCUT2D eigenvalue weighted by molar-refractivity contribution is 7.88. The SMILES string of the molecule is CC1CCC(N2CCN(S(C)(=O)=O)CC2)CN1. The zero-order valence-corrected chi connectivity index (χ0v) is 11.5. The molecule has 0 aromatic rings. The second kappa shape index (κ2) is 5.22. The first kappa shape index (κ1) is 13.3. The van der Waals surface area contributed by atoms with Gasteiger partial charge in [0.1, 0.15) is 0 Å². The Labute approximate surface area is 104 Å². The van der Waals surface area contributed by atoms with Crippen molar-refractivity contribution in [2.45, 2.75) is 31.8 Å². The van der Waals surface area contributed by atoms with E-state index >= 15 is 0 Å². The third-order valence-corrected chi connectivity index (χ3v) is 5.20. The number of piperidine rings is 1. The minimum absolute atomic E-state index is 0.591. The van der Waals surface area contributed by atoms with Gasteiger partial charge in [-0.25, -0.2) is 8.42 Å². The van der Waals surface area contributed by atoms with Gasteiger partial charge in [0.15, 0.2) is 0 Å². The second-order valence-corrected chi connectivity index (χ2v) is 7.22. The molecule has 2 saturated heterocycles. The summed E-state index contributed by atoms with van der Waals surface area (Å²) in [5, 5.41) is 3.50. The van der Waals surface area contributed by atoms with E-state index in [-0.39, 0.29) is 0 Å². The summed E-state index contributed by atoms with van der Waals surface area (Å²) >= 11 is 0. The van der Waals surface area contributed by atoms with Gasteiger partial charge >= 0.3 is 0 Å². The van der Waals surface area contributed by atoms with Crippen LogP contribution in [0.3, 0.4) is 0 Å². The van der Waals surface area contributed by atoms with E-state index in [4.69, 9.17) is 0 Å². The van der Waals surface area contributed by atoms with Crippen molar-refractivity contribution in [2.24, 2.45) is 0 Å². The minimum Gasteiger partial charge on any atom is -0.313 e. The molecule has 2 aliphatic rings. The Kier molecular flexibility index (Phi) is 4.07. The maximum atomic E-state index is 11.4. The maximum Gasteiger partial charge on any atom is 0.211 e. The lowest BCUT2D eigenvalue weighted by Gasteiger charge is -2.41. The molecule has 0 spiro atoms. The standard InChI is InChI=1S/C11H23N3O2S/c1-10-3-4-11(9-12-10)13-5-7-14(8-6-13)17(2,15)16/h10-12H,3-9H2,1-2H3. The van der Waals surface area contributed by atoms with Crippen LogP contribution in [0.2, 0.25) is 0 Å². The summed E-state index contributed by atoms with van der Waals surface area (Å²) in [5.74, 6) is 0. The van der Waals surface area contributed by atoms with Crippen molar-refractivity contribution in [1.29, 1.82) is 0 Å². The highest BCUT2D eigenvalue weighted by atomic mass is 32.2. The molecule has 1 N–H and O–H groups in total. The number of nitrogens with zero attached hydrogens (tertiary/aromatic N) is 2. The van der Waals surface area contributed by atoms with E-state index in [1.54, 1.807) is 4.31 Å². The van der Waals surface area contributed by atoms with Crippen LogP contribution in [-0.2, 0) is 10.0 Å². The molecule has 5 nitrogen and oxygen atoms in total. The second-order valence-electron chi connectivity index (χ2n) is 5.24. The summed E-state index contributed by atoms with van der Waals surface area (Å²) in [4.78, 5) is 2.43. The Balaban J connectivity index is 1.83. The van der Waals surface area contributed by atoms with Crippen molar-refractivity contribution in [3.05, 3.63) is 0 Å². The van der Waals surface area contributed by atoms with Crippen molar-refractivity contribution in [2.75, 3.05) is 39.0 Å². The Morgan fingerprint density at radius 2 is 1.76 bits per heavy atom. The van der Waals surface area contributed by atoms with E-state index in [0.717, 1.165) is 19.6 Å². The quantitative estimate of drug-likeness (QED) is 0.742. The highest BCUT2D eigenvalue weighted by Gasteiger charge is 2.29. The van der Waals surface area contributed by atoms with E-state index in [9.17, 15) is 8.42 Å². The lowest BCUT2D eigenvalue weighted by Crippen LogP contribution is -2.56. The van der Waals surface area contributed by atoms with Gasteiger partial charge in [0.2, 0.25) is 10.0 Å². The Hall–Kier alpha value is -0.170. The summed E-state index contributed by atoms with van der Waals surface area (Å²) in [7, 11) is -3.00. The first-order valence-corrected chi connectivity index (χ1v) is 8.24. The Morgan fingerprint density at radius 3 is 2.24 bits per heavy atom. The topological polar surface area (TPSA) is 52.7 Å². The number of hydrogen-bond donors (Lipinski definition) is 1. The molecule has 2 heterocycles. The van der Waals surface area contributed by atoms with Crippen molar-refractivity contribution in [3.8, 4) is 0 Å². The van der Waals surface area contributed by atoms with Gasteiger partial charge in [-0.05, 0) is 19.8 Å².